The number of ether oxygens (including phenoxy) is 2. The highest BCUT2D eigenvalue weighted by Gasteiger charge is 2.40. The molecule has 0 aliphatic carbocycles. The smallest absolute Gasteiger partial charge is 0.434 e. The second-order valence-corrected chi connectivity index (χ2v) is 9.24. The van der Waals surface area contributed by atoms with Gasteiger partial charge in [0, 0.05) is 30.3 Å². The van der Waals surface area contributed by atoms with E-state index in [0.29, 0.717) is 44.1 Å². The standard InChI is InChI=1S/C30H24F3N5O4/c1-17-7-8-19(15-26(17)42-25-13-14-34-27-22(25)5-4-6-24(27)36-18(2)39)37-29(40)23-16-35-38(28(23)30(31,32)33)20-9-11-21(41-3)12-10-20/h4-16H,1-3H3,(H,36,39)(H,37,40). The topological polar surface area (TPSA) is 107 Å². The summed E-state index contributed by atoms with van der Waals surface area (Å²) in [6.45, 7) is 3.18. The Labute approximate surface area is 237 Å². The minimum atomic E-state index is -4.87. The Morgan fingerprint density at radius 2 is 1.71 bits per heavy atom. The molecular formula is C30H24F3N5O4. The summed E-state index contributed by atoms with van der Waals surface area (Å²) in [5.41, 5.74) is 0.195. The zero-order chi connectivity index (χ0) is 30.0. The number of para-hydroxylation sites is 1. The number of carbonyl (C=O) groups is 2. The average Bonchev–Trinajstić information content (AvgIpc) is 3.42. The first-order valence-corrected chi connectivity index (χ1v) is 12.6. The number of pyridine rings is 1. The lowest BCUT2D eigenvalue weighted by molar-refractivity contribution is -0.143. The summed E-state index contributed by atoms with van der Waals surface area (Å²) in [6.07, 6.45) is -2.46. The molecule has 9 nitrogen and oxygen atoms in total. The number of hydrogen-bond donors (Lipinski definition) is 2. The van der Waals surface area contributed by atoms with Crippen LogP contribution < -0.4 is 20.1 Å². The highest BCUT2D eigenvalue weighted by atomic mass is 19.4. The van der Waals surface area contributed by atoms with E-state index in [-0.39, 0.29) is 17.3 Å². The van der Waals surface area contributed by atoms with Gasteiger partial charge >= 0.3 is 6.18 Å². The largest absolute Gasteiger partial charge is 0.497 e. The molecule has 42 heavy (non-hydrogen) atoms. The van der Waals surface area contributed by atoms with Crippen molar-refractivity contribution in [3.05, 3.63) is 95.9 Å². The second kappa shape index (κ2) is 11.2. The normalized spacial score (nSPS) is 11.3. The fourth-order valence-electron chi connectivity index (χ4n) is 4.34. The van der Waals surface area contributed by atoms with Crippen LogP contribution in [0.3, 0.4) is 0 Å². The molecule has 2 N–H and O–H groups in total. The van der Waals surface area contributed by atoms with Crippen molar-refractivity contribution in [3.63, 3.8) is 0 Å². The molecule has 0 aliphatic rings. The number of halogens is 3. The van der Waals surface area contributed by atoms with Crippen molar-refractivity contribution in [2.24, 2.45) is 0 Å². The van der Waals surface area contributed by atoms with E-state index in [4.69, 9.17) is 9.47 Å². The van der Waals surface area contributed by atoms with Crippen LogP contribution in [0.2, 0.25) is 0 Å². The van der Waals surface area contributed by atoms with Gasteiger partial charge in [0.15, 0.2) is 5.69 Å². The number of alkyl halides is 3. The lowest BCUT2D eigenvalue weighted by Gasteiger charge is -2.15. The van der Waals surface area contributed by atoms with Crippen LogP contribution in [-0.4, -0.2) is 33.7 Å². The molecule has 2 aromatic heterocycles. The van der Waals surface area contributed by atoms with E-state index in [2.05, 4.69) is 20.7 Å². The fraction of sp³-hybridized carbons (Fsp3) is 0.133. The first-order chi connectivity index (χ1) is 20.0. The van der Waals surface area contributed by atoms with Crippen molar-refractivity contribution in [1.82, 2.24) is 14.8 Å². The van der Waals surface area contributed by atoms with E-state index < -0.39 is 23.3 Å². The summed E-state index contributed by atoms with van der Waals surface area (Å²) in [7, 11) is 1.44. The fourth-order valence-corrected chi connectivity index (χ4v) is 4.34. The summed E-state index contributed by atoms with van der Waals surface area (Å²) in [4.78, 5) is 29.1. The van der Waals surface area contributed by atoms with Crippen molar-refractivity contribution in [1.29, 1.82) is 0 Å². The van der Waals surface area contributed by atoms with E-state index in [0.717, 1.165) is 6.20 Å². The minimum Gasteiger partial charge on any atom is -0.497 e. The zero-order valence-electron chi connectivity index (χ0n) is 22.6. The molecule has 0 atom stereocenters. The van der Waals surface area contributed by atoms with Crippen molar-refractivity contribution in [2.75, 3.05) is 17.7 Å². The third-order valence-electron chi connectivity index (χ3n) is 6.31. The van der Waals surface area contributed by atoms with E-state index >= 15 is 0 Å². The number of amides is 2. The number of aryl methyl sites for hydroxylation is 1. The number of carbonyl (C=O) groups excluding carboxylic acids is 2. The van der Waals surface area contributed by atoms with Crippen LogP contribution in [0.1, 0.15) is 28.5 Å². The van der Waals surface area contributed by atoms with Gasteiger partial charge in [0.05, 0.1) is 35.8 Å². The lowest BCUT2D eigenvalue weighted by atomic mass is 10.1. The molecule has 5 aromatic rings. The summed E-state index contributed by atoms with van der Waals surface area (Å²) < 4.78 is 54.3. The highest BCUT2D eigenvalue weighted by molar-refractivity contribution is 6.05. The van der Waals surface area contributed by atoms with Gasteiger partial charge in [-0.15, -0.1) is 0 Å². The van der Waals surface area contributed by atoms with Gasteiger partial charge in [-0.2, -0.15) is 18.3 Å². The number of nitrogens with zero attached hydrogens (tertiary/aromatic N) is 3. The Balaban J connectivity index is 1.44. The molecule has 0 fully saturated rings. The van der Waals surface area contributed by atoms with E-state index in [9.17, 15) is 22.8 Å². The number of rotatable bonds is 7. The van der Waals surface area contributed by atoms with E-state index in [1.165, 1.54) is 50.6 Å². The molecule has 0 bridgehead atoms. The van der Waals surface area contributed by atoms with Crippen LogP contribution in [0.5, 0.6) is 17.2 Å². The number of aromatic nitrogens is 3. The zero-order valence-corrected chi connectivity index (χ0v) is 22.6. The molecule has 0 radical (unpaired) electrons. The third kappa shape index (κ3) is 5.73. The summed E-state index contributed by atoms with van der Waals surface area (Å²) in [5.74, 6) is 0.00111. The summed E-state index contributed by atoms with van der Waals surface area (Å²) >= 11 is 0. The van der Waals surface area contributed by atoms with Gasteiger partial charge in [0.2, 0.25) is 5.91 Å². The van der Waals surface area contributed by atoms with Crippen LogP contribution >= 0.6 is 0 Å². The first-order valence-electron chi connectivity index (χ1n) is 12.6. The van der Waals surface area contributed by atoms with Gasteiger partial charge in [0.1, 0.15) is 17.2 Å². The molecule has 3 aromatic carbocycles. The molecular weight excluding hydrogens is 551 g/mol. The van der Waals surface area contributed by atoms with Crippen LogP contribution in [0.4, 0.5) is 24.5 Å². The van der Waals surface area contributed by atoms with Crippen LogP contribution in [0, 0.1) is 6.92 Å². The Hall–Kier alpha value is -5.39. The first kappa shape index (κ1) is 28.1. The van der Waals surface area contributed by atoms with Crippen molar-refractivity contribution >= 4 is 34.1 Å². The van der Waals surface area contributed by atoms with Crippen LogP contribution in [0.15, 0.2) is 79.1 Å². The number of nitrogens with one attached hydrogen (secondary N) is 2. The second-order valence-electron chi connectivity index (χ2n) is 9.24. The Morgan fingerprint density at radius 1 is 0.952 bits per heavy atom. The number of hydrogen-bond acceptors (Lipinski definition) is 6. The Kier molecular flexibility index (Phi) is 7.53. The number of anilines is 2. The predicted octanol–water partition coefficient (Wildman–Crippen LogP) is 6.76. The Morgan fingerprint density at radius 3 is 2.40 bits per heavy atom. The predicted molar refractivity (Wildman–Crippen MR) is 150 cm³/mol. The number of methoxy groups -OCH3 is 1. The minimum absolute atomic E-state index is 0.111. The van der Waals surface area contributed by atoms with E-state index in [1.807, 2.05) is 0 Å². The molecule has 5 rings (SSSR count). The van der Waals surface area contributed by atoms with Gasteiger partial charge in [-0.1, -0.05) is 12.1 Å². The Bertz CT molecular complexity index is 1800. The SMILES string of the molecule is COc1ccc(-n2ncc(C(=O)Nc3ccc(C)c(Oc4ccnc5c(NC(C)=O)cccc45)c3)c2C(F)(F)F)cc1. The van der Waals surface area contributed by atoms with Crippen molar-refractivity contribution < 1.29 is 32.2 Å². The van der Waals surface area contributed by atoms with Gasteiger partial charge in [-0.25, -0.2) is 4.68 Å². The highest BCUT2D eigenvalue weighted by Crippen LogP contribution is 2.36. The van der Waals surface area contributed by atoms with Crippen LogP contribution in [-0.2, 0) is 11.0 Å². The number of benzene rings is 3. The molecule has 0 spiro atoms. The maximum absolute atomic E-state index is 14.1. The van der Waals surface area contributed by atoms with Crippen LogP contribution in [0.25, 0.3) is 16.6 Å². The molecule has 2 amide bonds. The monoisotopic (exact) mass is 575 g/mol. The molecule has 12 heteroatoms. The quantitative estimate of drug-likeness (QED) is 0.222. The molecule has 2 heterocycles. The third-order valence-corrected chi connectivity index (χ3v) is 6.31. The van der Waals surface area contributed by atoms with Gasteiger partial charge in [-0.3, -0.25) is 14.6 Å². The summed E-state index contributed by atoms with van der Waals surface area (Å²) in [6, 6.07) is 17.4. The molecule has 0 saturated heterocycles. The van der Waals surface area contributed by atoms with E-state index in [1.54, 1.807) is 43.3 Å². The molecule has 214 valence electrons. The molecule has 0 unspecified atom stereocenters. The van der Waals surface area contributed by atoms with Crippen molar-refractivity contribution in [3.8, 4) is 22.9 Å². The lowest BCUT2D eigenvalue weighted by Crippen LogP contribution is -2.20. The maximum Gasteiger partial charge on any atom is 0.434 e. The maximum atomic E-state index is 14.1. The summed E-state index contributed by atoms with van der Waals surface area (Å²) in [5, 5.41) is 9.73. The molecule has 0 aliphatic heterocycles. The average molecular weight is 576 g/mol. The van der Waals surface area contributed by atoms with Crippen molar-refractivity contribution in [2.45, 2.75) is 20.0 Å². The van der Waals surface area contributed by atoms with Gasteiger partial charge in [-0.05, 0) is 61.0 Å². The number of fused-ring (bicyclic) bond motifs is 1. The molecule has 0 saturated carbocycles. The van der Waals surface area contributed by atoms with Gasteiger partial charge in [0.25, 0.3) is 5.91 Å². The van der Waals surface area contributed by atoms with Gasteiger partial charge < -0.3 is 20.1 Å².